The van der Waals surface area contributed by atoms with Gasteiger partial charge in [-0.2, -0.15) is 0 Å². The molecule has 0 amide bonds. The maximum atomic E-state index is 5.05. The van der Waals surface area contributed by atoms with Crippen LogP contribution in [-0.2, 0) is 0 Å². The molecule has 0 saturated carbocycles. The van der Waals surface area contributed by atoms with Crippen LogP contribution in [-0.4, -0.2) is 19.5 Å². The van der Waals surface area contributed by atoms with Gasteiger partial charge < -0.3 is 4.57 Å². The first-order chi connectivity index (χ1) is 24.8. The minimum absolute atomic E-state index is 0.635. The van der Waals surface area contributed by atoms with Gasteiger partial charge in [-0.15, -0.1) is 0 Å². The highest BCUT2D eigenvalue weighted by atomic mass is 32.2. The van der Waals surface area contributed by atoms with Crippen LogP contribution in [0.4, 0.5) is 0 Å². The van der Waals surface area contributed by atoms with Crippen molar-refractivity contribution in [1.29, 1.82) is 0 Å². The molecule has 0 radical (unpaired) electrons. The second-order valence-corrected chi connectivity index (χ2v) is 13.5. The van der Waals surface area contributed by atoms with Crippen molar-refractivity contribution in [2.75, 3.05) is 0 Å². The van der Waals surface area contributed by atoms with Gasteiger partial charge in [0.1, 0.15) is 0 Å². The molecule has 0 fully saturated rings. The van der Waals surface area contributed by atoms with Crippen molar-refractivity contribution in [2.24, 2.45) is 0 Å². The summed E-state index contributed by atoms with van der Waals surface area (Å²) in [7, 11) is 0. The van der Waals surface area contributed by atoms with Gasteiger partial charge in [0, 0.05) is 48.5 Å². The van der Waals surface area contributed by atoms with E-state index in [1.165, 1.54) is 48.3 Å². The molecule has 0 N–H and O–H groups in total. The zero-order chi connectivity index (χ0) is 33.0. The van der Waals surface area contributed by atoms with Crippen LogP contribution in [0.25, 0.3) is 83.9 Å². The SMILES string of the molecule is c1ccc(-c2nc(-c3ccccc3)nc(-c3cccc(-n4c5ccccc5c5ccc6c(c54)-c4ccccc4-c4ccccc4S6)c3)n2)cc1. The van der Waals surface area contributed by atoms with Crippen molar-refractivity contribution >= 4 is 33.6 Å². The highest BCUT2D eigenvalue weighted by molar-refractivity contribution is 7.99. The smallest absolute Gasteiger partial charge is 0.164 e. The molecular weight excluding hydrogens is 629 g/mol. The normalized spacial score (nSPS) is 11.9. The first-order valence-corrected chi connectivity index (χ1v) is 17.5. The molecule has 0 bridgehead atoms. The van der Waals surface area contributed by atoms with E-state index in [9.17, 15) is 0 Å². The summed E-state index contributed by atoms with van der Waals surface area (Å²) in [6.45, 7) is 0. The first kappa shape index (κ1) is 28.7. The van der Waals surface area contributed by atoms with Crippen molar-refractivity contribution < 1.29 is 0 Å². The largest absolute Gasteiger partial charge is 0.309 e. The molecule has 0 unspecified atom stereocenters. The predicted octanol–water partition coefficient (Wildman–Crippen LogP) is 11.8. The quantitative estimate of drug-likeness (QED) is 0.189. The molecule has 0 spiro atoms. The van der Waals surface area contributed by atoms with Crippen LogP contribution in [0, 0.1) is 0 Å². The van der Waals surface area contributed by atoms with Crippen LogP contribution in [0.15, 0.2) is 180 Å². The molecular formula is C45H28N4S. The molecule has 2 aromatic heterocycles. The van der Waals surface area contributed by atoms with E-state index in [1.807, 2.05) is 72.4 Å². The Bertz CT molecular complexity index is 2680. The van der Waals surface area contributed by atoms with E-state index in [0.717, 1.165) is 27.9 Å². The molecule has 7 aromatic carbocycles. The molecule has 0 atom stereocenters. The number of hydrogen-bond donors (Lipinski definition) is 0. The molecule has 10 rings (SSSR count). The maximum Gasteiger partial charge on any atom is 0.164 e. The monoisotopic (exact) mass is 656 g/mol. The second-order valence-electron chi connectivity index (χ2n) is 12.4. The Morgan fingerprint density at radius 2 is 0.980 bits per heavy atom. The standard InChI is InChI=1S/C45H28N4S/c1-3-14-29(15-4-1)43-46-44(30-16-5-2-6-17-30)48-45(47-43)31-18-13-19-32(28-31)49-38-24-11-9-21-34(38)37-26-27-40-41(42(37)49)36-23-8-7-20-33(36)35-22-10-12-25-39(35)50-40/h1-28H. The minimum Gasteiger partial charge on any atom is -0.309 e. The number of hydrogen-bond acceptors (Lipinski definition) is 4. The zero-order valence-corrected chi connectivity index (χ0v) is 27.7. The van der Waals surface area contributed by atoms with Crippen LogP contribution in [0.2, 0.25) is 0 Å². The lowest BCUT2D eigenvalue weighted by molar-refractivity contribution is 1.07. The third-order valence-corrected chi connectivity index (χ3v) is 10.6. The van der Waals surface area contributed by atoms with E-state index in [2.05, 4.69) is 114 Å². The van der Waals surface area contributed by atoms with Gasteiger partial charge in [0.25, 0.3) is 0 Å². The molecule has 0 saturated heterocycles. The van der Waals surface area contributed by atoms with Gasteiger partial charge in [0.15, 0.2) is 17.5 Å². The van der Waals surface area contributed by atoms with Gasteiger partial charge in [-0.05, 0) is 47.0 Å². The number of fused-ring (bicyclic) bond motifs is 9. The number of para-hydroxylation sites is 1. The summed E-state index contributed by atoms with van der Waals surface area (Å²) in [6.07, 6.45) is 0. The summed E-state index contributed by atoms with van der Waals surface area (Å²) in [6, 6.07) is 59.8. The Morgan fingerprint density at radius 3 is 1.72 bits per heavy atom. The number of aromatic nitrogens is 4. The van der Waals surface area contributed by atoms with Gasteiger partial charge in [-0.1, -0.05) is 151 Å². The molecule has 234 valence electrons. The highest BCUT2D eigenvalue weighted by Crippen LogP contribution is 2.51. The minimum atomic E-state index is 0.635. The fourth-order valence-electron chi connectivity index (χ4n) is 7.21. The Morgan fingerprint density at radius 1 is 0.400 bits per heavy atom. The summed E-state index contributed by atoms with van der Waals surface area (Å²) >= 11 is 1.85. The summed E-state index contributed by atoms with van der Waals surface area (Å²) < 4.78 is 2.43. The van der Waals surface area contributed by atoms with Crippen molar-refractivity contribution in [1.82, 2.24) is 19.5 Å². The molecule has 0 aliphatic carbocycles. The average molecular weight is 657 g/mol. The van der Waals surface area contributed by atoms with Crippen LogP contribution in [0.1, 0.15) is 0 Å². The lowest BCUT2D eigenvalue weighted by Crippen LogP contribution is -2.01. The van der Waals surface area contributed by atoms with E-state index >= 15 is 0 Å². The van der Waals surface area contributed by atoms with Crippen LogP contribution in [0.3, 0.4) is 0 Å². The third kappa shape index (κ3) is 4.66. The molecule has 50 heavy (non-hydrogen) atoms. The summed E-state index contributed by atoms with van der Waals surface area (Å²) in [4.78, 5) is 17.5. The van der Waals surface area contributed by atoms with E-state index in [4.69, 9.17) is 15.0 Å². The van der Waals surface area contributed by atoms with Gasteiger partial charge in [-0.25, -0.2) is 15.0 Å². The van der Waals surface area contributed by atoms with Crippen molar-refractivity contribution in [3.05, 3.63) is 170 Å². The summed E-state index contributed by atoms with van der Waals surface area (Å²) in [5, 5.41) is 2.45. The molecule has 1 aliphatic heterocycles. The number of nitrogens with zero attached hydrogens (tertiary/aromatic N) is 4. The van der Waals surface area contributed by atoms with Gasteiger partial charge >= 0.3 is 0 Å². The van der Waals surface area contributed by atoms with Gasteiger partial charge in [-0.3, -0.25) is 0 Å². The predicted molar refractivity (Wildman–Crippen MR) is 205 cm³/mol. The first-order valence-electron chi connectivity index (χ1n) is 16.7. The fourth-order valence-corrected chi connectivity index (χ4v) is 8.32. The van der Waals surface area contributed by atoms with E-state index in [0.29, 0.717) is 17.5 Å². The lowest BCUT2D eigenvalue weighted by atomic mass is 9.93. The van der Waals surface area contributed by atoms with Gasteiger partial charge in [0.05, 0.1) is 11.0 Å². The Balaban J connectivity index is 1.23. The molecule has 5 heteroatoms. The summed E-state index contributed by atoms with van der Waals surface area (Å²) in [5.74, 6) is 1.93. The zero-order valence-electron chi connectivity index (χ0n) is 26.9. The van der Waals surface area contributed by atoms with Crippen molar-refractivity contribution in [2.45, 2.75) is 9.79 Å². The van der Waals surface area contributed by atoms with Crippen LogP contribution in [0.5, 0.6) is 0 Å². The number of benzene rings is 7. The summed E-state index contributed by atoms with van der Waals surface area (Å²) in [5.41, 5.74) is 11.2. The average Bonchev–Trinajstić information content (AvgIpc) is 3.45. The van der Waals surface area contributed by atoms with Crippen LogP contribution >= 0.6 is 11.8 Å². The Hall–Kier alpha value is -6.30. The van der Waals surface area contributed by atoms with Crippen molar-refractivity contribution in [3.63, 3.8) is 0 Å². The topological polar surface area (TPSA) is 43.6 Å². The fraction of sp³-hybridized carbons (Fsp3) is 0. The molecule has 1 aliphatic rings. The Kier molecular flexibility index (Phi) is 6.71. The third-order valence-electron chi connectivity index (χ3n) is 9.45. The maximum absolute atomic E-state index is 5.05. The van der Waals surface area contributed by atoms with E-state index in [-0.39, 0.29) is 0 Å². The number of rotatable bonds is 4. The lowest BCUT2D eigenvalue weighted by Gasteiger charge is -2.16. The highest BCUT2D eigenvalue weighted by Gasteiger charge is 2.25. The molecule has 4 nitrogen and oxygen atoms in total. The van der Waals surface area contributed by atoms with Crippen LogP contribution < -0.4 is 0 Å². The second kappa shape index (κ2) is 11.7. The molecule has 3 heterocycles. The van der Waals surface area contributed by atoms with Crippen molar-refractivity contribution in [3.8, 4) is 62.1 Å². The van der Waals surface area contributed by atoms with Gasteiger partial charge in [0.2, 0.25) is 0 Å². The molecule has 9 aromatic rings. The van der Waals surface area contributed by atoms with E-state index in [1.54, 1.807) is 0 Å². The Labute approximate surface area is 293 Å². The van der Waals surface area contributed by atoms with E-state index < -0.39 is 0 Å².